The molecule has 1 aromatic rings. The average Bonchev–Trinajstić information content (AvgIpc) is 2.34. The van der Waals surface area contributed by atoms with Crippen molar-refractivity contribution < 1.29 is 23.4 Å². The summed E-state index contributed by atoms with van der Waals surface area (Å²) in [6.07, 6.45) is -0.142. The van der Waals surface area contributed by atoms with Crippen LogP contribution in [0, 0.1) is 5.92 Å². The van der Waals surface area contributed by atoms with E-state index < -0.39 is 21.6 Å². The Labute approximate surface area is 124 Å². The first-order valence-corrected chi connectivity index (χ1v) is 8.12. The number of hydrogen-bond donors (Lipinski definition) is 2. The standard InChI is InChI=1S/C14H19NO5S/c1-10(2)14(18)8-15(9-14)21(19,20)12-5-3-11(4-6-12)7-13(16)17/h3-6,10,18H,7-9H2,1-2H3,(H,16,17). The van der Waals surface area contributed by atoms with Crippen molar-refractivity contribution in [1.29, 1.82) is 0 Å². The quantitative estimate of drug-likeness (QED) is 0.834. The maximum Gasteiger partial charge on any atom is 0.307 e. The molecule has 21 heavy (non-hydrogen) atoms. The third-order valence-electron chi connectivity index (χ3n) is 3.89. The number of carbonyl (C=O) groups is 1. The Bertz CT molecular complexity index is 630. The molecule has 0 radical (unpaired) electrons. The molecule has 0 unspecified atom stereocenters. The number of carboxylic acid groups (broad SMARTS) is 1. The number of β-amino-alcohol motifs (C(OH)–C–C–N with tert-alkyl or cyclic N) is 1. The topological polar surface area (TPSA) is 94.9 Å². The lowest BCUT2D eigenvalue weighted by molar-refractivity contribution is -0.136. The lowest BCUT2D eigenvalue weighted by Gasteiger charge is -2.47. The van der Waals surface area contributed by atoms with Crippen molar-refractivity contribution in [2.24, 2.45) is 5.92 Å². The van der Waals surface area contributed by atoms with Gasteiger partial charge in [-0.05, 0) is 23.6 Å². The fourth-order valence-electron chi connectivity index (χ4n) is 2.20. The van der Waals surface area contributed by atoms with Gasteiger partial charge in [0, 0.05) is 13.1 Å². The van der Waals surface area contributed by atoms with Crippen LogP contribution in [0.5, 0.6) is 0 Å². The predicted octanol–water partition coefficient (Wildman–Crippen LogP) is 0.705. The molecule has 1 aliphatic rings. The maximum absolute atomic E-state index is 12.4. The Morgan fingerprint density at radius 3 is 2.24 bits per heavy atom. The van der Waals surface area contributed by atoms with Gasteiger partial charge in [0.2, 0.25) is 10.0 Å². The van der Waals surface area contributed by atoms with Gasteiger partial charge in [0.15, 0.2) is 0 Å². The van der Waals surface area contributed by atoms with Gasteiger partial charge in [0.25, 0.3) is 0 Å². The smallest absolute Gasteiger partial charge is 0.307 e. The average molecular weight is 313 g/mol. The highest BCUT2D eigenvalue weighted by molar-refractivity contribution is 7.89. The van der Waals surface area contributed by atoms with Gasteiger partial charge in [-0.15, -0.1) is 0 Å². The van der Waals surface area contributed by atoms with Crippen molar-refractivity contribution in [3.63, 3.8) is 0 Å². The lowest BCUT2D eigenvalue weighted by Crippen LogP contribution is -2.65. The Morgan fingerprint density at radius 2 is 1.81 bits per heavy atom. The summed E-state index contributed by atoms with van der Waals surface area (Å²) in [4.78, 5) is 10.7. The van der Waals surface area contributed by atoms with Crippen LogP contribution in [0.1, 0.15) is 19.4 Å². The van der Waals surface area contributed by atoms with Crippen molar-refractivity contribution in [2.75, 3.05) is 13.1 Å². The fraction of sp³-hybridized carbons (Fsp3) is 0.500. The molecule has 0 saturated carbocycles. The van der Waals surface area contributed by atoms with Crippen LogP contribution in [0.2, 0.25) is 0 Å². The molecule has 0 atom stereocenters. The molecule has 1 aromatic carbocycles. The van der Waals surface area contributed by atoms with Crippen LogP contribution in [0.25, 0.3) is 0 Å². The molecular weight excluding hydrogens is 294 g/mol. The first-order chi connectivity index (χ1) is 9.65. The van der Waals surface area contributed by atoms with Crippen LogP contribution in [0.15, 0.2) is 29.2 Å². The minimum atomic E-state index is -3.63. The summed E-state index contributed by atoms with van der Waals surface area (Å²) in [6.45, 7) is 3.88. The Hall–Kier alpha value is -1.44. The molecule has 7 heteroatoms. The second-order valence-corrected chi connectivity index (χ2v) is 7.68. The predicted molar refractivity (Wildman–Crippen MR) is 76.3 cm³/mol. The van der Waals surface area contributed by atoms with Crippen molar-refractivity contribution in [3.8, 4) is 0 Å². The van der Waals surface area contributed by atoms with Crippen molar-refractivity contribution in [2.45, 2.75) is 30.8 Å². The zero-order chi connectivity index (χ0) is 15.8. The normalized spacial score (nSPS) is 18.5. The van der Waals surface area contributed by atoms with Crippen LogP contribution >= 0.6 is 0 Å². The van der Waals surface area contributed by atoms with E-state index in [1.807, 2.05) is 13.8 Å². The van der Waals surface area contributed by atoms with Gasteiger partial charge in [0.1, 0.15) is 0 Å². The van der Waals surface area contributed by atoms with Crippen LogP contribution in [-0.4, -0.2) is 47.6 Å². The molecule has 1 aliphatic heterocycles. The van der Waals surface area contributed by atoms with E-state index in [1.165, 1.54) is 28.6 Å². The molecule has 0 amide bonds. The summed E-state index contributed by atoms with van der Waals surface area (Å²) in [5.74, 6) is -0.975. The van der Waals surface area contributed by atoms with Gasteiger partial charge < -0.3 is 10.2 Å². The summed E-state index contributed by atoms with van der Waals surface area (Å²) in [5.41, 5.74) is -0.417. The summed E-state index contributed by atoms with van der Waals surface area (Å²) >= 11 is 0. The number of hydrogen-bond acceptors (Lipinski definition) is 4. The van der Waals surface area contributed by atoms with Crippen molar-refractivity contribution in [1.82, 2.24) is 4.31 Å². The van der Waals surface area contributed by atoms with E-state index in [2.05, 4.69) is 0 Å². The fourth-order valence-corrected chi connectivity index (χ4v) is 3.77. The molecule has 2 rings (SSSR count). The van der Waals surface area contributed by atoms with Crippen molar-refractivity contribution in [3.05, 3.63) is 29.8 Å². The largest absolute Gasteiger partial charge is 0.481 e. The second-order valence-electron chi connectivity index (χ2n) is 5.75. The monoisotopic (exact) mass is 313 g/mol. The van der Waals surface area contributed by atoms with Crippen LogP contribution < -0.4 is 0 Å². The summed E-state index contributed by atoms with van der Waals surface area (Å²) in [7, 11) is -3.63. The molecule has 116 valence electrons. The van der Waals surface area contributed by atoms with Gasteiger partial charge in [-0.3, -0.25) is 4.79 Å². The molecular formula is C14H19NO5S. The van der Waals surface area contributed by atoms with E-state index >= 15 is 0 Å². The van der Waals surface area contributed by atoms with Crippen LogP contribution in [0.4, 0.5) is 0 Å². The highest BCUT2D eigenvalue weighted by Gasteiger charge is 2.49. The van der Waals surface area contributed by atoms with Gasteiger partial charge >= 0.3 is 5.97 Å². The van der Waals surface area contributed by atoms with E-state index in [-0.39, 0.29) is 30.3 Å². The minimum absolute atomic E-state index is 0.0121. The molecule has 0 aliphatic carbocycles. The molecule has 0 bridgehead atoms. The highest BCUT2D eigenvalue weighted by atomic mass is 32.2. The Balaban J connectivity index is 2.13. The number of benzene rings is 1. The summed E-state index contributed by atoms with van der Waals surface area (Å²) in [5, 5.41) is 18.8. The molecule has 1 fully saturated rings. The summed E-state index contributed by atoms with van der Waals surface area (Å²) < 4.78 is 25.9. The van der Waals surface area contributed by atoms with E-state index in [0.717, 1.165) is 0 Å². The van der Waals surface area contributed by atoms with Crippen molar-refractivity contribution >= 4 is 16.0 Å². The van der Waals surface area contributed by atoms with Gasteiger partial charge in [-0.25, -0.2) is 8.42 Å². The highest BCUT2D eigenvalue weighted by Crippen LogP contribution is 2.33. The molecule has 6 nitrogen and oxygen atoms in total. The molecule has 1 heterocycles. The molecule has 0 spiro atoms. The van der Waals surface area contributed by atoms with Crippen LogP contribution in [-0.2, 0) is 21.2 Å². The number of sulfonamides is 1. The number of carboxylic acids is 1. The van der Waals surface area contributed by atoms with Gasteiger partial charge in [-0.1, -0.05) is 26.0 Å². The maximum atomic E-state index is 12.4. The third-order valence-corrected chi connectivity index (χ3v) is 5.70. The van der Waals surface area contributed by atoms with Gasteiger partial charge in [0.05, 0.1) is 16.9 Å². The zero-order valence-electron chi connectivity index (χ0n) is 12.0. The number of nitrogens with zero attached hydrogens (tertiary/aromatic N) is 1. The SMILES string of the molecule is CC(C)C1(O)CN(S(=O)(=O)c2ccc(CC(=O)O)cc2)C1. The zero-order valence-corrected chi connectivity index (χ0v) is 12.8. The second kappa shape index (κ2) is 5.40. The first-order valence-electron chi connectivity index (χ1n) is 6.68. The molecule has 0 aromatic heterocycles. The van der Waals surface area contributed by atoms with Crippen LogP contribution in [0.3, 0.4) is 0 Å². The Kier molecular flexibility index (Phi) is 4.10. The first kappa shape index (κ1) is 15.9. The number of aliphatic carboxylic acids is 1. The number of rotatable bonds is 5. The Morgan fingerprint density at radius 1 is 1.29 bits per heavy atom. The van der Waals surface area contributed by atoms with E-state index in [0.29, 0.717) is 5.56 Å². The third kappa shape index (κ3) is 3.09. The van der Waals surface area contributed by atoms with E-state index in [1.54, 1.807) is 0 Å². The van der Waals surface area contributed by atoms with E-state index in [9.17, 15) is 18.3 Å². The minimum Gasteiger partial charge on any atom is -0.481 e. The van der Waals surface area contributed by atoms with Gasteiger partial charge in [-0.2, -0.15) is 4.31 Å². The lowest BCUT2D eigenvalue weighted by atomic mass is 9.85. The molecule has 1 saturated heterocycles. The number of aliphatic hydroxyl groups is 1. The van der Waals surface area contributed by atoms with E-state index in [4.69, 9.17) is 5.11 Å². The summed E-state index contributed by atoms with van der Waals surface area (Å²) in [6, 6.07) is 5.80. The molecule has 2 N–H and O–H groups in total.